The molecule has 3 saturated heterocycles. The Hall–Kier alpha value is -0.270. The molecule has 0 aromatic carbocycles. The fourth-order valence-corrected chi connectivity index (χ4v) is 2.67. The highest BCUT2D eigenvalue weighted by atomic mass is 19.1. The number of fused-ring (bicyclic) bond motifs is 1. The molecule has 0 aromatic heterocycles. The third-order valence-corrected chi connectivity index (χ3v) is 3.40. The van der Waals surface area contributed by atoms with Crippen molar-refractivity contribution >= 4 is 0 Å². The van der Waals surface area contributed by atoms with E-state index < -0.39 is 42.3 Å². The second-order valence-corrected chi connectivity index (χ2v) is 5.88. The van der Waals surface area contributed by atoms with Crippen molar-refractivity contribution in [2.24, 2.45) is 0 Å². The van der Waals surface area contributed by atoms with E-state index in [9.17, 15) is 4.39 Å². The van der Waals surface area contributed by atoms with E-state index in [1.807, 2.05) is 0 Å². The van der Waals surface area contributed by atoms with Crippen LogP contribution in [0.15, 0.2) is 0 Å². The third-order valence-electron chi connectivity index (χ3n) is 3.40. The lowest BCUT2D eigenvalue weighted by Crippen LogP contribution is -2.40. The largest absolute Gasteiger partial charge is 0.348 e. The van der Waals surface area contributed by atoms with Crippen molar-refractivity contribution in [3.8, 4) is 0 Å². The zero-order valence-electron chi connectivity index (χ0n) is 11.0. The number of rotatable bonds is 1. The molecule has 3 aliphatic heterocycles. The number of ether oxygens (including phenoxy) is 5. The van der Waals surface area contributed by atoms with Gasteiger partial charge in [-0.15, -0.1) is 0 Å². The molecule has 6 heteroatoms. The Morgan fingerprint density at radius 2 is 1.67 bits per heavy atom. The molecule has 3 aliphatic rings. The van der Waals surface area contributed by atoms with Crippen molar-refractivity contribution in [1.29, 1.82) is 0 Å². The summed E-state index contributed by atoms with van der Waals surface area (Å²) in [6.07, 6.45) is -3.72. The molecule has 5 atom stereocenters. The number of halogens is 1. The molecule has 0 N–H and O–H groups in total. The number of hydrogen-bond donors (Lipinski definition) is 0. The molecule has 3 heterocycles. The lowest BCUT2D eigenvalue weighted by atomic mass is 10.1. The Bertz CT molecular complexity index is 345. The topological polar surface area (TPSA) is 46.2 Å². The third kappa shape index (κ3) is 2.06. The minimum atomic E-state index is -1.26. The molecule has 0 radical (unpaired) electrons. The minimum absolute atomic E-state index is 0.320. The first-order valence-electron chi connectivity index (χ1n) is 6.24. The van der Waals surface area contributed by atoms with Gasteiger partial charge in [-0.05, 0) is 27.7 Å². The zero-order valence-corrected chi connectivity index (χ0v) is 11.0. The van der Waals surface area contributed by atoms with Gasteiger partial charge in [0.15, 0.2) is 24.0 Å². The summed E-state index contributed by atoms with van der Waals surface area (Å²) < 4.78 is 42.0. The zero-order chi connectivity index (χ0) is 13.1. The summed E-state index contributed by atoms with van der Waals surface area (Å²) in [5.74, 6) is -1.48. The van der Waals surface area contributed by atoms with Gasteiger partial charge in [0.2, 0.25) is 0 Å². The average Bonchev–Trinajstić information content (AvgIpc) is 2.81. The Kier molecular flexibility index (Phi) is 2.74. The van der Waals surface area contributed by atoms with E-state index in [0.29, 0.717) is 6.61 Å². The van der Waals surface area contributed by atoms with Crippen LogP contribution in [0.4, 0.5) is 4.39 Å². The quantitative estimate of drug-likeness (QED) is 0.714. The van der Waals surface area contributed by atoms with Crippen LogP contribution >= 0.6 is 0 Å². The van der Waals surface area contributed by atoms with Crippen LogP contribution in [-0.4, -0.2) is 49.0 Å². The van der Waals surface area contributed by atoms with Crippen LogP contribution in [0.25, 0.3) is 0 Å². The first-order chi connectivity index (χ1) is 8.27. The summed E-state index contributed by atoms with van der Waals surface area (Å²) >= 11 is 0. The molecule has 0 amide bonds. The normalized spacial score (nSPS) is 49.5. The van der Waals surface area contributed by atoms with Gasteiger partial charge in [0.25, 0.3) is 0 Å². The first-order valence-corrected chi connectivity index (χ1v) is 6.24. The van der Waals surface area contributed by atoms with Crippen molar-refractivity contribution in [3.05, 3.63) is 0 Å². The molecule has 0 bridgehead atoms. The molecule has 0 spiro atoms. The van der Waals surface area contributed by atoms with Crippen LogP contribution in [0.2, 0.25) is 0 Å². The number of hydrogen-bond acceptors (Lipinski definition) is 5. The molecule has 0 saturated carbocycles. The van der Waals surface area contributed by atoms with E-state index in [0.717, 1.165) is 0 Å². The van der Waals surface area contributed by atoms with Gasteiger partial charge in [-0.25, -0.2) is 4.39 Å². The van der Waals surface area contributed by atoms with E-state index >= 15 is 0 Å². The maximum atomic E-state index is 14.3. The highest BCUT2D eigenvalue weighted by Gasteiger charge is 2.58. The van der Waals surface area contributed by atoms with Crippen LogP contribution in [0, 0.1) is 0 Å². The number of alkyl halides is 1. The summed E-state index contributed by atoms with van der Waals surface area (Å²) in [5.41, 5.74) is 0. The monoisotopic (exact) mass is 262 g/mol. The van der Waals surface area contributed by atoms with Crippen molar-refractivity contribution in [2.75, 3.05) is 6.61 Å². The average molecular weight is 262 g/mol. The molecule has 5 nitrogen and oxygen atoms in total. The summed E-state index contributed by atoms with van der Waals surface area (Å²) in [7, 11) is 0. The predicted octanol–water partition coefficient (Wildman–Crippen LogP) is 1.35. The SMILES string of the molecule is CC1(C)O[C@H]2O[C@H]([C@H]3COC(C)(C)O3)[C@@H](F)[C@H]2O1. The fraction of sp³-hybridized carbons (Fsp3) is 1.00. The lowest BCUT2D eigenvalue weighted by Gasteiger charge is -2.25. The smallest absolute Gasteiger partial charge is 0.190 e. The Labute approximate surface area is 105 Å². The Balaban J connectivity index is 1.68. The molecule has 0 aliphatic carbocycles. The molecular formula is C12H19FO5. The standard InChI is InChI=1S/C12H19FO5/c1-11(2)14-5-6(16-11)8-7(13)9-10(15-8)18-12(3,4)17-9/h6-10H,5H2,1-4H3/t6-,7-,8-,9-,10-/m1/s1. The van der Waals surface area contributed by atoms with Crippen LogP contribution in [0.1, 0.15) is 27.7 Å². The second-order valence-electron chi connectivity index (χ2n) is 5.88. The van der Waals surface area contributed by atoms with Gasteiger partial charge in [-0.1, -0.05) is 0 Å². The van der Waals surface area contributed by atoms with Gasteiger partial charge in [0, 0.05) is 0 Å². The van der Waals surface area contributed by atoms with Crippen molar-refractivity contribution in [2.45, 2.75) is 70.0 Å². The van der Waals surface area contributed by atoms with Crippen molar-refractivity contribution in [1.82, 2.24) is 0 Å². The van der Waals surface area contributed by atoms with E-state index in [2.05, 4.69) is 0 Å². The van der Waals surface area contributed by atoms with Gasteiger partial charge < -0.3 is 23.7 Å². The summed E-state index contributed by atoms with van der Waals surface area (Å²) in [5, 5.41) is 0. The molecule has 104 valence electrons. The molecule has 3 fully saturated rings. The van der Waals surface area contributed by atoms with Crippen molar-refractivity contribution in [3.63, 3.8) is 0 Å². The fourth-order valence-electron chi connectivity index (χ4n) is 2.67. The highest BCUT2D eigenvalue weighted by Crippen LogP contribution is 2.41. The summed E-state index contributed by atoms with van der Waals surface area (Å²) in [4.78, 5) is 0. The van der Waals surface area contributed by atoms with Crippen molar-refractivity contribution < 1.29 is 28.1 Å². The van der Waals surface area contributed by atoms with Gasteiger partial charge in [0.05, 0.1) is 6.61 Å². The Morgan fingerprint density at radius 1 is 0.944 bits per heavy atom. The maximum absolute atomic E-state index is 14.3. The Morgan fingerprint density at radius 3 is 2.22 bits per heavy atom. The summed E-state index contributed by atoms with van der Waals surface area (Å²) in [6.45, 7) is 7.41. The first kappa shape index (κ1) is 12.7. The van der Waals surface area contributed by atoms with E-state index in [1.54, 1.807) is 27.7 Å². The molecule has 18 heavy (non-hydrogen) atoms. The van der Waals surface area contributed by atoms with Crippen LogP contribution < -0.4 is 0 Å². The predicted molar refractivity (Wildman–Crippen MR) is 58.5 cm³/mol. The van der Waals surface area contributed by atoms with E-state index in [-0.39, 0.29) is 0 Å². The minimum Gasteiger partial charge on any atom is -0.348 e. The second kappa shape index (κ2) is 3.86. The molecule has 0 aromatic rings. The molecule has 0 unspecified atom stereocenters. The van der Waals surface area contributed by atoms with Crippen LogP contribution in [0.5, 0.6) is 0 Å². The lowest BCUT2D eigenvalue weighted by molar-refractivity contribution is -0.227. The summed E-state index contributed by atoms with van der Waals surface area (Å²) in [6, 6.07) is 0. The maximum Gasteiger partial charge on any atom is 0.190 e. The van der Waals surface area contributed by atoms with E-state index in [4.69, 9.17) is 23.7 Å². The van der Waals surface area contributed by atoms with Gasteiger partial charge in [0.1, 0.15) is 18.3 Å². The van der Waals surface area contributed by atoms with Gasteiger partial charge in [-0.3, -0.25) is 0 Å². The van der Waals surface area contributed by atoms with Crippen LogP contribution in [0.3, 0.4) is 0 Å². The van der Waals surface area contributed by atoms with Gasteiger partial charge in [-0.2, -0.15) is 0 Å². The molecule has 3 rings (SSSR count). The molecular weight excluding hydrogens is 243 g/mol. The van der Waals surface area contributed by atoms with E-state index in [1.165, 1.54) is 0 Å². The highest BCUT2D eigenvalue weighted by molar-refractivity contribution is 4.97. The van der Waals surface area contributed by atoms with Gasteiger partial charge >= 0.3 is 0 Å². The van der Waals surface area contributed by atoms with Crippen LogP contribution in [-0.2, 0) is 23.7 Å².